The van der Waals surface area contributed by atoms with E-state index < -0.39 is 11.0 Å². The van der Waals surface area contributed by atoms with Gasteiger partial charge in [-0.1, -0.05) is 4.91 Å². The summed E-state index contributed by atoms with van der Waals surface area (Å²) >= 11 is 0. The summed E-state index contributed by atoms with van der Waals surface area (Å²) in [5.41, 5.74) is 0. The van der Waals surface area contributed by atoms with E-state index in [1.165, 1.54) is 0 Å². The Bertz CT molecular complexity index is 36.6. The van der Waals surface area contributed by atoms with E-state index in [9.17, 15) is 4.55 Å². The van der Waals surface area contributed by atoms with Crippen molar-refractivity contribution in [1.82, 2.24) is 0 Å². The second-order valence-corrected chi connectivity index (χ2v) is 2.26. The average Bonchev–Trinajstić information content (AvgIpc) is 1.38. The molecule has 30 valence electrons. The quantitative estimate of drug-likeness (QED) is 0.276. The van der Waals surface area contributed by atoms with E-state index in [0.29, 0.717) is 0 Å². The van der Waals surface area contributed by atoms with Crippen LogP contribution in [0.15, 0.2) is 4.58 Å². The molecule has 0 N–H and O–H groups in total. The van der Waals surface area contributed by atoms with Crippen molar-refractivity contribution in [3.63, 3.8) is 0 Å². The van der Waals surface area contributed by atoms with E-state index in [-0.39, 0.29) is 0 Å². The fraction of sp³-hybridized carbons (Fsp3) is 0. The van der Waals surface area contributed by atoms with Gasteiger partial charge in [-0.25, -0.2) is 0 Å². The number of rotatable bonds is 1. The molecular formula is H2NO2PS. The van der Waals surface area contributed by atoms with Gasteiger partial charge in [-0.3, -0.25) is 0 Å². The van der Waals surface area contributed by atoms with Gasteiger partial charge in [-0.05, 0) is 0 Å². The van der Waals surface area contributed by atoms with E-state index >= 15 is 0 Å². The second-order valence-electron chi connectivity index (χ2n) is 0.351. The van der Waals surface area contributed by atoms with Gasteiger partial charge in [-0.2, -0.15) is 0 Å². The molecule has 0 spiro atoms. The van der Waals surface area contributed by atoms with E-state index in [1.807, 2.05) is 0 Å². The van der Waals surface area contributed by atoms with E-state index in [0.717, 1.165) is 0 Å². The summed E-state index contributed by atoms with van der Waals surface area (Å²) < 4.78 is 11.5. The summed E-state index contributed by atoms with van der Waals surface area (Å²) in [4.78, 5) is 8.93. The summed E-state index contributed by atoms with van der Waals surface area (Å²) in [6.07, 6.45) is 0. The molecule has 0 heterocycles. The summed E-state index contributed by atoms with van der Waals surface area (Å²) in [7, 11) is 0.140. The Morgan fingerprint density at radius 2 is 2.20 bits per heavy atom. The topological polar surface area (TPSA) is 52.5 Å². The van der Waals surface area contributed by atoms with Crippen molar-refractivity contribution in [2.45, 2.75) is 0 Å². The highest BCUT2D eigenvalue weighted by atomic mass is 32.7. The van der Waals surface area contributed by atoms with Crippen LogP contribution in [0.25, 0.3) is 0 Å². The predicted octanol–water partition coefficient (Wildman–Crippen LogP) is 0.207. The van der Waals surface area contributed by atoms with Crippen molar-refractivity contribution in [2.75, 3.05) is 0 Å². The van der Waals surface area contributed by atoms with Crippen molar-refractivity contribution < 1.29 is 4.55 Å². The van der Waals surface area contributed by atoms with Crippen molar-refractivity contribution in [1.29, 1.82) is 0 Å². The number of hydrogen-bond acceptors (Lipinski definition) is 3. The van der Waals surface area contributed by atoms with Crippen molar-refractivity contribution in [3.8, 4) is 0 Å². The number of hydrogen-bond donors (Lipinski definition) is 0. The van der Waals surface area contributed by atoms with Crippen LogP contribution in [0.4, 0.5) is 0 Å². The van der Waals surface area contributed by atoms with Crippen LogP contribution in [-0.2, 0) is 11.0 Å². The van der Waals surface area contributed by atoms with E-state index in [1.54, 1.807) is 8.44 Å². The first kappa shape index (κ1) is 5.34. The molecule has 0 aliphatic carbocycles. The Labute approximate surface area is 34.4 Å². The Morgan fingerprint density at radius 3 is 2.20 bits per heavy atom. The summed E-state index contributed by atoms with van der Waals surface area (Å²) in [6.45, 7) is 0. The molecule has 0 amide bonds. The standard InChI is InChI=1S/H2NO2PS/c2-1-5(3)4/h4H2. The molecule has 0 saturated heterocycles. The number of nitroso groups, excluding NO2 is 1. The van der Waals surface area contributed by atoms with Gasteiger partial charge in [0.15, 0.2) is 15.6 Å². The third-order valence-electron chi connectivity index (χ3n) is 0.0735. The summed E-state index contributed by atoms with van der Waals surface area (Å²) in [5, 5.41) is 0. The maximum atomic E-state index is 9.41. The molecule has 0 aliphatic heterocycles. The molecule has 3 nitrogen and oxygen atoms in total. The van der Waals surface area contributed by atoms with Crippen LogP contribution in [0.2, 0.25) is 0 Å². The molecule has 0 aromatic heterocycles. The van der Waals surface area contributed by atoms with Gasteiger partial charge in [0, 0.05) is 0 Å². The second kappa shape index (κ2) is 2.57. The predicted molar refractivity (Wildman–Crippen MR) is 23.6 cm³/mol. The van der Waals surface area contributed by atoms with Gasteiger partial charge in [-0.15, -0.1) is 0 Å². The van der Waals surface area contributed by atoms with Crippen molar-refractivity contribution >= 4 is 19.4 Å². The van der Waals surface area contributed by atoms with Crippen LogP contribution < -0.4 is 0 Å². The monoisotopic (exact) mass is 111 g/mol. The van der Waals surface area contributed by atoms with Gasteiger partial charge in [0.1, 0.15) is 8.44 Å². The molecule has 0 radical (unpaired) electrons. The zero-order valence-electron chi connectivity index (χ0n) is 2.25. The largest absolute Gasteiger partial charge is 0.587 e. The minimum Gasteiger partial charge on any atom is -0.587 e. The first-order valence-corrected chi connectivity index (χ1v) is 3.35. The molecule has 2 atom stereocenters. The molecule has 0 aliphatic rings. The highest BCUT2D eigenvalue weighted by Gasteiger charge is 1.85. The first-order chi connectivity index (χ1) is 2.27. The molecule has 0 aromatic carbocycles. The lowest BCUT2D eigenvalue weighted by atomic mass is 13.7. The molecule has 5 heteroatoms. The van der Waals surface area contributed by atoms with Crippen molar-refractivity contribution in [3.05, 3.63) is 4.91 Å². The van der Waals surface area contributed by atoms with Crippen LogP contribution in [0.5, 0.6) is 0 Å². The summed E-state index contributed by atoms with van der Waals surface area (Å²) in [5.74, 6) is 0. The van der Waals surface area contributed by atoms with Gasteiger partial charge in [0.05, 0.1) is 0 Å². The maximum absolute atomic E-state index is 9.41. The van der Waals surface area contributed by atoms with Gasteiger partial charge < -0.3 is 4.55 Å². The molecule has 0 fully saturated rings. The Kier molecular flexibility index (Phi) is 2.75. The molecule has 0 rings (SSSR count). The van der Waals surface area contributed by atoms with E-state index in [2.05, 4.69) is 4.58 Å². The SMILES string of the molecule is O=N[S+]([O-])P. The third-order valence-corrected chi connectivity index (χ3v) is 0.479. The Hall–Kier alpha value is 0.340. The van der Waals surface area contributed by atoms with Crippen LogP contribution in [0, 0.1) is 4.91 Å². The lowest BCUT2D eigenvalue weighted by Crippen LogP contribution is -1.72. The van der Waals surface area contributed by atoms with Gasteiger partial charge in [0.2, 0.25) is 0 Å². The van der Waals surface area contributed by atoms with Crippen LogP contribution in [0.3, 0.4) is 0 Å². The molecule has 2 unspecified atom stereocenters. The zero-order valence-corrected chi connectivity index (χ0v) is 4.22. The van der Waals surface area contributed by atoms with Gasteiger partial charge >= 0.3 is 0 Å². The number of nitrogens with zero attached hydrogens (tertiary/aromatic N) is 1. The third kappa shape index (κ3) is 4.34. The highest BCUT2D eigenvalue weighted by Crippen LogP contribution is 1.98. The molecule has 0 aromatic rings. The average molecular weight is 111 g/mol. The Balaban J connectivity index is 2.83. The maximum Gasteiger partial charge on any atom is 0.169 e. The van der Waals surface area contributed by atoms with Crippen LogP contribution in [0.1, 0.15) is 0 Å². The highest BCUT2D eigenvalue weighted by molar-refractivity contribution is 8.36. The zero-order chi connectivity index (χ0) is 4.28. The van der Waals surface area contributed by atoms with Crippen LogP contribution >= 0.6 is 8.44 Å². The molecule has 0 bridgehead atoms. The minimum atomic E-state index is -1.59. The fourth-order valence-electron chi connectivity index (χ4n) is 0. The summed E-state index contributed by atoms with van der Waals surface area (Å²) in [6, 6.07) is 0. The normalized spacial score (nSPS) is 14.0. The molecule has 0 saturated carbocycles. The molecular weight excluding hydrogens is 109 g/mol. The smallest absolute Gasteiger partial charge is 0.169 e. The molecule has 5 heavy (non-hydrogen) atoms. The fourth-order valence-corrected chi connectivity index (χ4v) is 0. The van der Waals surface area contributed by atoms with E-state index in [4.69, 9.17) is 4.91 Å². The van der Waals surface area contributed by atoms with Crippen LogP contribution in [-0.4, -0.2) is 4.55 Å². The minimum absolute atomic E-state index is 1.59. The van der Waals surface area contributed by atoms with Crippen molar-refractivity contribution in [2.24, 2.45) is 4.58 Å². The Morgan fingerprint density at radius 1 is 2.00 bits per heavy atom. The lowest BCUT2D eigenvalue weighted by molar-refractivity contribution is 0.611. The lowest BCUT2D eigenvalue weighted by Gasteiger charge is -1.79. The van der Waals surface area contributed by atoms with Gasteiger partial charge in [0.25, 0.3) is 0 Å². The first-order valence-electron chi connectivity index (χ1n) is 0.768.